The second kappa shape index (κ2) is 5.96. The van der Waals surface area contributed by atoms with Gasteiger partial charge in [-0.3, -0.25) is 14.7 Å². The van der Waals surface area contributed by atoms with E-state index in [2.05, 4.69) is 14.7 Å². The van der Waals surface area contributed by atoms with Crippen molar-refractivity contribution in [1.29, 1.82) is 0 Å². The van der Waals surface area contributed by atoms with Crippen LogP contribution in [0.5, 0.6) is 0 Å². The van der Waals surface area contributed by atoms with E-state index in [1.54, 1.807) is 18.3 Å². The molecule has 0 bridgehead atoms. The van der Waals surface area contributed by atoms with Gasteiger partial charge in [-0.2, -0.15) is 0 Å². The molecule has 0 saturated carbocycles. The summed E-state index contributed by atoms with van der Waals surface area (Å²) >= 11 is 0. The Hall–Kier alpha value is -0.615. The molecule has 66 valence electrons. The maximum atomic E-state index is 9.13. The van der Waals surface area contributed by atoms with Crippen molar-refractivity contribution in [1.82, 2.24) is 4.98 Å². The summed E-state index contributed by atoms with van der Waals surface area (Å²) < 4.78 is 0. The van der Waals surface area contributed by atoms with Crippen molar-refractivity contribution in [2.24, 2.45) is 0 Å². The van der Waals surface area contributed by atoms with Crippen LogP contribution in [0.15, 0.2) is 24.5 Å². The number of hydrogen-bond acceptors (Lipinski definition) is 4. The van der Waals surface area contributed by atoms with Gasteiger partial charge < -0.3 is 5.02 Å². The number of halogens is 1. The van der Waals surface area contributed by atoms with Gasteiger partial charge in [-0.1, -0.05) is 6.07 Å². The Kier molecular flexibility index (Phi) is 5.66. The van der Waals surface area contributed by atoms with Gasteiger partial charge in [-0.25, -0.2) is 0 Å². The van der Waals surface area contributed by atoms with Crippen LogP contribution in [0, 0.1) is 0 Å². The topological polar surface area (TPSA) is 51.6 Å². The van der Waals surface area contributed by atoms with Gasteiger partial charge in [-0.05, 0) is 6.07 Å². The third kappa shape index (κ3) is 3.19. The third-order valence-electron chi connectivity index (χ3n) is 1.16. The first-order chi connectivity index (χ1) is 5.34. The minimum Gasteiger partial charge on any atom is -0.422 e. The Morgan fingerprint density at radius 2 is 2.33 bits per heavy atom. The van der Waals surface area contributed by atoms with Crippen LogP contribution in [0.1, 0.15) is 0 Å². The predicted molar refractivity (Wildman–Crippen MR) is 47.2 cm³/mol. The summed E-state index contributed by atoms with van der Waals surface area (Å²) in [5.41, 5.74) is 0.564. The molecule has 0 aliphatic rings. The molecule has 12 heavy (non-hydrogen) atoms. The Balaban J connectivity index is 0.00000121. The van der Waals surface area contributed by atoms with Crippen LogP contribution in [0.25, 0.3) is 0 Å². The summed E-state index contributed by atoms with van der Waals surface area (Å²) in [7, 11) is 0.272. The van der Waals surface area contributed by atoms with Crippen molar-refractivity contribution in [2.75, 3.05) is 7.11 Å². The smallest absolute Gasteiger partial charge is 0.422 e. The van der Waals surface area contributed by atoms with Gasteiger partial charge in [0.2, 0.25) is 0 Å². The molecule has 0 aromatic carbocycles. The van der Waals surface area contributed by atoms with Crippen molar-refractivity contribution in [3.63, 3.8) is 0 Å². The molecular formula is C6H9BClNO3. The maximum absolute atomic E-state index is 9.13. The molecule has 0 aliphatic carbocycles. The van der Waals surface area contributed by atoms with E-state index in [1.807, 2.05) is 0 Å². The zero-order valence-electron chi connectivity index (χ0n) is 6.51. The zero-order valence-corrected chi connectivity index (χ0v) is 7.32. The lowest BCUT2D eigenvalue weighted by Crippen LogP contribution is -2.33. The standard InChI is InChI=1S/C6H8BNO3.ClH/c1-10-11-7(9)6-3-2-4-8-5-6;/h2-5,9H,1H3;1H. The van der Waals surface area contributed by atoms with Gasteiger partial charge >= 0.3 is 7.12 Å². The molecule has 0 unspecified atom stereocenters. The second-order valence-electron chi connectivity index (χ2n) is 1.90. The number of aromatic nitrogens is 1. The summed E-state index contributed by atoms with van der Waals surface area (Å²) in [6.07, 6.45) is 3.12. The van der Waals surface area contributed by atoms with Gasteiger partial charge in [0.15, 0.2) is 0 Å². The maximum Gasteiger partial charge on any atom is 0.524 e. The molecule has 1 aromatic heterocycles. The molecule has 0 radical (unpaired) electrons. The van der Waals surface area contributed by atoms with Crippen molar-refractivity contribution >= 4 is 25.0 Å². The Morgan fingerprint density at radius 3 is 2.83 bits per heavy atom. The van der Waals surface area contributed by atoms with Gasteiger partial charge in [0, 0.05) is 17.9 Å². The van der Waals surface area contributed by atoms with E-state index < -0.39 is 7.12 Å². The van der Waals surface area contributed by atoms with E-state index in [9.17, 15) is 0 Å². The SMILES string of the molecule is COOB(O)c1cccnc1.Cl. The summed E-state index contributed by atoms with van der Waals surface area (Å²) in [4.78, 5) is 12.5. The summed E-state index contributed by atoms with van der Waals surface area (Å²) in [5.74, 6) is 0. The molecule has 0 fully saturated rings. The second-order valence-corrected chi connectivity index (χ2v) is 1.90. The fourth-order valence-electron chi connectivity index (χ4n) is 0.669. The molecular weight excluding hydrogens is 180 g/mol. The molecule has 0 amide bonds. The van der Waals surface area contributed by atoms with Crippen LogP contribution >= 0.6 is 12.4 Å². The molecule has 0 spiro atoms. The van der Waals surface area contributed by atoms with E-state index in [-0.39, 0.29) is 12.4 Å². The van der Waals surface area contributed by atoms with Crippen molar-refractivity contribution < 1.29 is 14.7 Å². The molecule has 1 heterocycles. The highest BCUT2D eigenvalue weighted by Gasteiger charge is 2.16. The molecule has 0 saturated heterocycles. The molecule has 1 N–H and O–H groups in total. The largest absolute Gasteiger partial charge is 0.524 e. The summed E-state index contributed by atoms with van der Waals surface area (Å²) in [5, 5.41) is 9.13. The normalized spacial score (nSPS) is 8.83. The van der Waals surface area contributed by atoms with E-state index in [4.69, 9.17) is 5.02 Å². The predicted octanol–water partition coefficient (Wildman–Crippen LogP) is -0.231. The first-order valence-corrected chi connectivity index (χ1v) is 3.12. The molecule has 6 heteroatoms. The van der Waals surface area contributed by atoms with E-state index in [0.29, 0.717) is 5.46 Å². The van der Waals surface area contributed by atoms with Gasteiger partial charge in [0.1, 0.15) is 0 Å². The van der Waals surface area contributed by atoms with E-state index in [1.165, 1.54) is 13.3 Å². The van der Waals surface area contributed by atoms with Gasteiger partial charge in [0.25, 0.3) is 0 Å². The van der Waals surface area contributed by atoms with Crippen LogP contribution in [-0.2, 0) is 9.69 Å². The van der Waals surface area contributed by atoms with Crippen molar-refractivity contribution in [3.8, 4) is 0 Å². The average Bonchev–Trinajstić information content (AvgIpc) is 2.07. The molecule has 1 aromatic rings. The zero-order chi connectivity index (χ0) is 8.10. The van der Waals surface area contributed by atoms with Crippen LogP contribution in [-0.4, -0.2) is 24.2 Å². The van der Waals surface area contributed by atoms with Crippen molar-refractivity contribution in [3.05, 3.63) is 24.5 Å². The number of nitrogens with zero attached hydrogens (tertiary/aromatic N) is 1. The lowest BCUT2D eigenvalue weighted by atomic mass is 9.82. The third-order valence-corrected chi connectivity index (χ3v) is 1.16. The van der Waals surface area contributed by atoms with Gasteiger partial charge in [0.05, 0.1) is 7.11 Å². The van der Waals surface area contributed by atoms with Crippen molar-refractivity contribution in [2.45, 2.75) is 0 Å². The van der Waals surface area contributed by atoms with Gasteiger partial charge in [-0.15, -0.1) is 12.4 Å². The van der Waals surface area contributed by atoms with Crippen LogP contribution in [0.2, 0.25) is 0 Å². The quantitative estimate of drug-likeness (QED) is 0.405. The highest BCUT2D eigenvalue weighted by atomic mass is 35.5. The van der Waals surface area contributed by atoms with Crippen LogP contribution in [0.4, 0.5) is 0 Å². The Morgan fingerprint density at radius 1 is 1.58 bits per heavy atom. The minimum atomic E-state index is -1.06. The number of rotatable bonds is 3. The highest BCUT2D eigenvalue weighted by molar-refractivity contribution is 6.59. The fourth-order valence-corrected chi connectivity index (χ4v) is 0.669. The minimum absolute atomic E-state index is 0. The number of pyridine rings is 1. The van der Waals surface area contributed by atoms with Crippen LogP contribution in [0.3, 0.4) is 0 Å². The fraction of sp³-hybridized carbons (Fsp3) is 0.167. The summed E-state index contributed by atoms with van der Waals surface area (Å²) in [6.45, 7) is 0. The molecule has 0 aliphatic heterocycles. The molecule has 4 nitrogen and oxygen atoms in total. The lowest BCUT2D eigenvalue weighted by Gasteiger charge is -2.02. The monoisotopic (exact) mass is 189 g/mol. The first kappa shape index (κ1) is 11.4. The molecule has 0 atom stereocenters. The van der Waals surface area contributed by atoms with E-state index in [0.717, 1.165) is 0 Å². The average molecular weight is 189 g/mol. The van der Waals surface area contributed by atoms with Crippen LogP contribution < -0.4 is 5.46 Å². The first-order valence-electron chi connectivity index (χ1n) is 3.12. The lowest BCUT2D eigenvalue weighted by molar-refractivity contribution is -0.193. The molecule has 1 rings (SSSR count). The summed E-state index contributed by atoms with van der Waals surface area (Å²) in [6, 6.07) is 3.40. The Bertz CT molecular complexity index is 211. The highest BCUT2D eigenvalue weighted by Crippen LogP contribution is 1.84. The number of hydrogen-bond donors (Lipinski definition) is 1. The van der Waals surface area contributed by atoms with E-state index >= 15 is 0 Å². The Labute approximate surface area is 77.0 Å².